The van der Waals surface area contributed by atoms with E-state index in [0.29, 0.717) is 26.5 Å². The summed E-state index contributed by atoms with van der Waals surface area (Å²) in [6.07, 6.45) is -2.16. The molecule has 0 radical (unpaired) electrons. The second-order valence-corrected chi connectivity index (χ2v) is 22.7. The minimum atomic E-state index is -1.35. The molecule has 2 unspecified atom stereocenters. The molecule has 0 spiro atoms. The molecule has 20 heteroatoms. The highest BCUT2D eigenvalue weighted by molar-refractivity contribution is 8.01. The summed E-state index contributed by atoms with van der Waals surface area (Å²) < 4.78 is 13.7. The third-order valence-electron chi connectivity index (χ3n) is 12.5. The SMILES string of the molecule is Cn1nnnc1SCC1=C(C(=O)OC(c2ccccc2)c2ccccc2)N2C(=O)C(NC(=O)/C(=N\OC(C(=O)OC(C)(C)C)c3cccs3)c3csc(NC(c4ccccc4)(c4ccccc4)c4ccccc4)n3)[C@@H]2SC1. The van der Waals surface area contributed by atoms with Gasteiger partial charge in [0.05, 0.1) is 4.88 Å². The lowest BCUT2D eigenvalue weighted by Gasteiger charge is -2.49. The molecule has 5 aromatic carbocycles. The fourth-order valence-corrected chi connectivity index (χ4v) is 12.8. The Labute approximate surface area is 460 Å². The number of fused-ring (bicyclic) bond motifs is 1. The number of benzene rings is 5. The Morgan fingerprint density at radius 2 is 1.38 bits per heavy atom. The number of aryl methyl sites for hydroxylation is 1. The summed E-state index contributed by atoms with van der Waals surface area (Å²) in [5, 5.41) is 26.6. The van der Waals surface area contributed by atoms with Crippen molar-refractivity contribution in [2.45, 2.75) is 60.7 Å². The molecule has 390 valence electrons. The minimum Gasteiger partial charge on any atom is -0.457 e. The molecule has 5 heterocycles. The molecule has 77 heavy (non-hydrogen) atoms. The average molecular weight is 1100 g/mol. The minimum absolute atomic E-state index is 0.0751. The third-order valence-corrected chi connectivity index (χ3v) is 16.6. The summed E-state index contributed by atoms with van der Waals surface area (Å²) in [7, 11) is 1.72. The van der Waals surface area contributed by atoms with Gasteiger partial charge in [-0.05, 0) is 76.0 Å². The normalized spacial score (nSPS) is 16.0. The number of amides is 2. The number of carbonyl (C=O) groups excluding carboxylic acids is 4. The van der Waals surface area contributed by atoms with Crippen molar-refractivity contribution >= 4 is 80.8 Å². The standard InChI is InChI=1S/C57H51N9O7S4/c1-56(2,3)72-53(70)48(43-31-20-32-74-43)73-62-44(42-35-76-54(58-42)60-57(39-25-14-7-15-26-39,40-27-16-8-17-28-40)41-29-18-9-19-30-41)49(67)59-45-50(68)66-46(38(33-75-51(45)66)34-77-55-61-63-64-65(55)4)52(69)71-47(36-21-10-5-11-22-36)37-23-12-6-13-24-37/h5-32,35,45,47-48,51H,33-34H2,1-4H3,(H,58,60)(H,59,67)/b62-44-/t45?,48?,51-/m0/s1. The first-order chi connectivity index (χ1) is 37.4. The molecule has 1 fully saturated rings. The zero-order chi connectivity index (χ0) is 53.5. The van der Waals surface area contributed by atoms with Crippen LogP contribution in [0.15, 0.2) is 196 Å². The van der Waals surface area contributed by atoms with Crippen molar-refractivity contribution in [3.63, 3.8) is 0 Å². The van der Waals surface area contributed by atoms with E-state index in [9.17, 15) is 14.4 Å². The summed E-state index contributed by atoms with van der Waals surface area (Å²) >= 11 is 5.20. The molecule has 0 bridgehead atoms. The van der Waals surface area contributed by atoms with Gasteiger partial charge in [0.2, 0.25) is 5.16 Å². The fraction of sp³-hybridized carbons (Fsp3) is 0.211. The summed E-state index contributed by atoms with van der Waals surface area (Å²) in [5.74, 6) is -2.23. The van der Waals surface area contributed by atoms with Gasteiger partial charge in [0.1, 0.15) is 33.9 Å². The van der Waals surface area contributed by atoms with Gasteiger partial charge in [-0.1, -0.05) is 175 Å². The number of rotatable bonds is 19. The van der Waals surface area contributed by atoms with Gasteiger partial charge < -0.3 is 24.9 Å². The van der Waals surface area contributed by atoms with Crippen LogP contribution in [-0.4, -0.2) is 88.1 Å². The first-order valence-electron chi connectivity index (χ1n) is 24.4. The Kier molecular flexibility index (Phi) is 15.8. The lowest BCUT2D eigenvalue weighted by Crippen LogP contribution is -2.71. The number of anilines is 1. The maximum absolute atomic E-state index is 15.0. The number of nitrogens with zero attached hydrogens (tertiary/aromatic N) is 7. The van der Waals surface area contributed by atoms with Crippen LogP contribution in [0.1, 0.15) is 71.4 Å². The van der Waals surface area contributed by atoms with Crippen molar-refractivity contribution in [3.05, 3.63) is 224 Å². The van der Waals surface area contributed by atoms with E-state index >= 15 is 4.79 Å². The Balaban J connectivity index is 0.992. The summed E-state index contributed by atoms with van der Waals surface area (Å²) in [5.41, 5.74) is 2.92. The number of hydrogen-bond donors (Lipinski definition) is 2. The Morgan fingerprint density at radius 1 is 0.792 bits per heavy atom. The number of esters is 2. The first kappa shape index (κ1) is 52.5. The number of oxime groups is 1. The number of ether oxygens (including phenoxy) is 2. The lowest BCUT2D eigenvalue weighted by molar-refractivity contribution is -0.169. The molecule has 1 saturated heterocycles. The molecule has 2 aliphatic heterocycles. The molecule has 16 nitrogen and oxygen atoms in total. The van der Waals surface area contributed by atoms with Crippen LogP contribution >= 0.6 is 46.2 Å². The first-order valence-corrected chi connectivity index (χ1v) is 28.2. The highest BCUT2D eigenvalue weighted by Gasteiger charge is 2.55. The van der Waals surface area contributed by atoms with Gasteiger partial charge in [0, 0.05) is 23.9 Å². The van der Waals surface area contributed by atoms with Gasteiger partial charge >= 0.3 is 11.9 Å². The number of nitrogens with one attached hydrogen (secondary N) is 2. The van der Waals surface area contributed by atoms with E-state index in [2.05, 4.69) is 31.3 Å². The van der Waals surface area contributed by atoms with E-state index in [4.69, 9.17) is 19.3 Å². The predicted molar refractivity (Wildman–Crippen MR) is 298 cm³/mol. The van der Waals surface area contributed by atoms with Crippen LogP contribution in [0.5, 0.6) is 0 Å². The lowest BCUT2D eigenvalue weighted by atomic mass is 9.77. The van der Waals surface area contributed by atoms with Gasteiger partial charge in [0.25, 0.3) is 17.9 Å². The molecule has 2 amide bonds. The van der Waals surface area contributed by atoms with Crippen molar-refractivity contribution in [1.29, 1.82) is 0 Å². The zero-order valence-electron chi connectivity index (χ0n) is 42.1. The van der Waals surface area contributed by atoms with Crippen LogP contribution in [0.4, 0.5) is 5.13 Å². The summed E-state index contributed by atoms with van der Waals surface area (Å²) in [4.78, 5) is 71.3. The quantitative estimate of drug-likeness (QED) is 0.0194. The number of thiazole rings is 1. The number of aromatic nitrogens is 5. The maximum Gasteiger partial charge on any atom is 0.356 e. The molecule has 10 rings (SSSR count). The van der Waals surface area contributed by atoms with Crippen LogP contribution in [-0.2, 0) is 46.1 Å². The number of β-lactam (4-membered cyclic amide) rings is 1. The second kappa shape index (κ2) is 23.1. The van der Waals surface area contributed by atoms with E-state index in [1.807, 2.05) is 152 Å². The zero-order valence-corrected chi connectivity index (χ0v) is 45.4. The molecule has 2 N–H and O–H groups in total. The topological polar surface area (TPSA) is 192 Å². The van der Waals surface area contributed by atoms with Crippen molar-refractivity contribution in [3.8, 4) is 0 Å². The number of tetrazole rings is 1. The van der Waals surface area contributed by atoms with E-state index in [-0.39, 0.29) is 22.9 Å². The Morgan fingerprint density at radius 3 is 1.91 bits per heavy atom. The van der Waals surface area contributed by atoms with Crippen molar-refractivity contribution < 1.29 is 33.5 Å². The van der Waals surface area contributed by atoms with Crippen LogP contribution in [0, 0.1) is 0 Å². The number of thiophene rings is 1. The monoisotopic (exact) mass is 1100 g/mol. The third kappa shape index (κ3) is 11.5. The Hall–Kier alpha value is -7.91. The average Bonchev–Trinajstić information content (AvgIpc) is 4.32. The second-order valence-electron chi connectivity index (χ2n) is 18.8. The van der Waals surface area contributed by atoms with Crippen LogP contribution in [0.2, 0.25) is 0 Å². The van der Waals surface area contributed by atoms with E-state index in [1.54, 1.807) is 50.7 Å². The van der Waals surface area contributed by atoms with Gasteiger partial charge in [-0.15, -0.1) is 39.5 Å². The van der Waals surface area contributed by atoms with Crippen molar-refractivity contribution in [2.24, 2.45) is 12.2 Å². The van der Waals surface area contributed by atoms with Crippen LogP contribution < -0.4 is 10.6 Å². The molecule has 0 aliphatic carbocycles. The number of thioether (sulfide) groups is 2. The van der Waals surface area contributed by atoms with E-state index < -0.39 is 58.5 Å². The Bertz CT molecular complexity index is 3270. The molecular formula is C57H51N9O7S4. The molecular weight excluding hydrogens is 1050 g/mol. The highest BCUT2D eigenvalue weighted by atomic mass is 32.2. The maximum atomic E-state index is 15.0. The highest BCUT2D eigenvalue weighted by Crippen LogP contribution is 2.44. The van der Waals surface area contributed by atoms with E-state index in [0.717, 1.165) is 27.8 Å². The molecule has 3 atom stereocenters. The van der Waals surface area contributed by atoms with Crippen molar-refractivity contribution in [2.75, 3.05) is 16.8 Å². The predicted octanol–water partition coefficient (Wildman–Crippen LogP) is 9.71. The fourth-order valence-electron chi connectivity index (χ4n) is 8.93. The van der Waals surface area contributed by atoms with Crippen molar-refractivity contribution in [1.82, 2.24) is 35.4 Å². The van der Waals surface area contributed by atoms with Gasteiger partial charge in [0.15, 0.2) is 16.9 Å². The number of carbonyl (C=O) groups is 4. The molecule has 3 aromatic heterocycles. The number of hydrogen-bond acceptors (Lipinski definition) is 17. The molecule has 8 aromatic rings. The van der Waals surface area contributed by atoms with Crippen LogP contribution in [0.25, 0.3) is 0 Å². The molecule has 2 aliphatic rings. The molecule has 0 saturated carbocycles. The van der Waals surface area contributed by atoms with Gasteiger partial charge in [-0.3, -0.25) is 14.5 Å². The summed E-state index contributed by atoms with van der Waals surface area (Å²) in [6.45, 7) is 5.23. The van der Waals surface area contributed by atoms with Gasteiger partial charge in [-0.2, -0.15) is 0 Å². The summed E-state index contributed by atoms with van der Waals surface area (Å²) in [6, 6.07) is 51.1. The van der Waals surface area contributed by atoms with Crippen LogP contribution in [0.3, 0.4) is 0 Å². The van der Waals surface area contributed by atoms with E-state index in [1.165, 1.54) is 55.8 Å². The smallest absolute Gasteiger partial charge is 0.356 e. The largest absolute Gasteiger partial charge is 0.457 e. The van der Waals surface area contributed by atoms with Gasteiger partial charge in [-0.25, -0.2) is 19.3 Å².